The van der Waals surface area contributed by atoms with Gasteiger partial charge >= 0.3 is 0 Å². The molecule has 0 radical (unpaired) electrons. The monoisotopic (exact) mass is 329 g/mol. The van der Waals surface area contributed by atoms with Crippen molar-refractivity contribution in [2.75, 3.05) is 12.4 Å². The molecule has 0 spiro atoms. The van der Waals surface area contributed by atoms with Crippen molar-refractivity contribution in [3.05, 3.63) is 46.1 Å². The van der Waals surface area contributed by atoms with Crippen LogP contribution in [0.1, 0.15) is 5.56 Å². The summed E-state index contributed by atoms with van der Waals surface area (Å²) in [5.41, 5.74) is 0.326. The molecule has 0 saturated carbocycles. The minimum atomic E-state index is -0.614. The van der Waals surface area contributed by atoms with Crippen LogP contribution in [0.5, 0.6) is 5.88 Å². The minimum absolute atomic E-state index is 0.150. The van der Waals surface area contributed by atoms with Gasteiger partial charge in [-0.25, -0.2) is 13.8 Å². The van der Waals surface area contributed by atoms with Crippen LogP contribution in [-0.4, -0.2) is 17.1 Å². The summed E-state index contributed by atoms with van der Waals surface area (Å²) in [6.07, 6.45) is 1.52. The number of halogens is 3. The molecule has 1 heterocycles. The molecule has 0 aliphatic rings. The number of anilines is 1. The number of nitrogens with one attached hydrogen (secondary N) is 1. The third-order valence-electron chi connectivity index (χ3n) is 2.36. The van der Waals surface area contributed by atoms with E-state index in [0.29, 0.717) is 21.9 Å². The summed E-state index contributed by atoms with van der Waals surface area (Å²) in [5.74, 6) is -0.555. The van der Waals surface area contributed by atoms with Gasteiger partial charge in [-0.1, -0.05) is 6.07 Å². The van der Waals surface area contributed by atoms with Crippen LogP contribution in [0.25, 0.3) is 0 Å². The van der Waals surface area contributed by atoms with Crippen molar-refractivity contribution in [2.45, 2.75) is 6.54 Å². The van der Waals surface area contributed by atoms with E-state index in [1.54, 1.807) is 0 Å². The second-order valence-electron chi connectivity index (χ2n) is 3.64. The zero-order chi connectivity index (χ0) is 13.8. The maximum Gasteiger partial charge on any atom is 0.232 e. The molecule has 100 valence electrons. The van der Waals surface area contributed by atoms with Crippen LogP contribution < -0.4 is 10.1 Å². The predicted octanol–water partition coefficient (Wildman–Crippen LogP) is 3.14. The van der Waals surface area contributed by atoms with E-state index in [9.17, 15) is 8.78 Å². The number of hydrogen-bond acceptors (Lipinski definition) is 4. The summed E-state index contributed by atoms with van der Waals surface area (Å²) < 4.78 is 31.8. The molecule has 1 N–H and O–H groups in total. The molecule has 1 aromatic carbocycles. The van der Waals surface area contributed by atoms with Crippen LogP contribution in [0.2, 0.25) is 0 Å². The van der Waals surface area contributed by atoms with Crippen molar-refractivity contribution < 1.29 is 13.5 Å². The Hall–Kier alpha value is -1.76. The topological polar surface area (TPSA) is 47.0 Å². The van der Waals surface area contributed by atoms with Crippen LogP contribution in [0.15, 0.2) is 28.9 Å². The average Bonchev–Trinajstić information content (AvgIpc) is 2.39. The lowest BCUT2D eigenvalue weighted by molar-refractivity contribution is 0.394. The normalized spacial score (nSPS) is 10.3. The lowest BCUT2D eigenvalue weighted by Crippen LogP contribution is -2.06. The molecule has 0 bridgehead atoms. The lowest BCUT2D eigenvalue weighted by atomic mass is 10.2. The third kappa shape index (κ3) is 3.37. The highest BCUT2D eigenvalue weighted by molar-refractivity contribution is 9.10. The summed E-state index contributed by atoms with van der Waals surface area (Å²) in [4.78, 5) is 8.07. The van der Waals surface area contributed by atoms with E-state index in [0.717, 1.165) is 6.07 Å². The van der Waals surface area contributed by atoms with Gasteiger partial charge in [0, 0.05) is 18.2 Å². The maximum atomic E-state index is 13.4. The largest absolute Gasteiger partial charge is 0.480 e. The zero-order valence-electron chi connectivity index (χ0n) is 9.95. The van der Waals surface area contributed by atoms with E-state index in [1.807, 2.05) is 0 Å². The van der Waals surface area contributed by atoms with E-state index >= 15 is 0 Å². The maximum absolute atomic E-state index is 13.4. The molecule has 0 amide bonds. The lowest BCUT2D eigenvalue weighted by Gasteiger charge is -2.08. The van der Waals surface area contributed by atoms with Crippen LogP contribution >= 0.6 is 15.9 Å². The molecule has 0 aliphatic carbocycles. The van der Waals surface area contributed by atoms with Gasteiger partial charge in [-0.3, -0.25) is 0 Å². The molecule has 19 heavy (non-hydrogen) atoms. The Morgan fingerprint density at radius 1 is 1.37 bits per heavy atom. The molecule has 2 aromatic rings. The Balaban J connectivity index is 2.10. The van der Waals surface area contributed by atoms with E-state index in [1.165, 1.54) is 25.4 Å². The summed E-state index contributed by atoms with van der Waals surface area (Å²) in [6, 6.07) is 3.40. The summed E-state index contributed by atoms with van der Waals surface area (Å²) in [6.45, 7) is 0.150. The molecule has 0 aliphatic heterocycles. The quantitative estimate of drug-likeness (QED) is 0.936. The van der Waals surface area contributed by atoms with Gasteiger partial charge in [-0.05, 0) is 22.0 Å². The van der Waals surface area contributed by atoms with Gasteiger partial charge in [0.25, 0.3) is 0 Å². The fraction of sp³-hybridized carbons (Fsp3) is 0.167. The Morgan fingerprint density at radius 3 is 2.84 bits per heavy atom. The second kappa shape index (κ2) is 5.92. The highest BCUT2D eigenvalue weighted by Crippen LogP contribution is 2.22. The van der Waals surface area contributed by atoms with Gasteiger partial charge in [0.1, 0.15) is 11.6 Å². The molecule has 0 saturated heterocycles. The zero-order valence-corrected chi connectivity index (χ0v) is 11.5. The molecule has 0 fully saturated rings. The van der Waals surface area contributed by atoms with Gasteiger partial charge in [0.05, 0.1) is 17.8 Å². The molecule has 0 atom stereocenters. The molecule has 7 heteroatoms. The Bertz CT molecular complexity index is 595. The van der Waals surface area contributed by atoms with Gasteiger partial charge < -0.3 is 10.1 Å². The Labute approximate surface area is 117 Å². The van der Waals surface area contributed by atoms with Crippen molar-refractivity contribution in [3.63, 3.8) is 0 Å². The standard InChI is InChI=1S/C12H10BrF2N3O/c1-19-11-9(13)6-17-12(18-11)16-5-7-2-3-8(14)4-10(7)15/h2-4,6H,5H2,1H3,(H,16,17,18). The number of benzene rings is 1. The van der Waals surface area contributed by atoms with Crippen LogP contribution in [0.4, 0.5) is 14.7 Å². The number of hydrogen-bond donors (Lipinski definition) is 1. The van der Waals surface area contributed by atoms with Crippen LogP contribution in [0.3, 0.4) is 0 Å². The number of rotatable bonds is 4. The fourth-order valence-corrected chi connectivity index (χ4v) is 1.77. The van der Waals surface area contributed by atoms with Crippen molar-refractivity contribution in [2.24, 2.45) is 0 Å². The fourth-order valence-electron chi connectivity index (χ4n) is 1.42. The van der Waals surface area contributed by atoms with Gasteiger partial charge in [0.2, 0.25) is 11.8 Å². The first-order valence-corrected chi connectivity index (χ1v) is 6.14. The van der Waals surface area contributed by atoms with Crippen LogP contribution in [0, 0.1) is 11.6 Å². The first-order chi connectivity index (χ1) is 9.10. The molecule has 4 nitrogen and oxygen atoms in total. The van der Waals surface area contributed by atoms with Crippen molar-refractivity contribution in [1.29, 1.82) is 0 Å². The molecule has 2 rings (SSSR count). The Kier molecular flexibility index (Phi) is 4.26. The van der Waals surface area contributed by atoms with Crippen molar-refractivity contribution >= 4 is 21.9 Å². The van der Waals surface area contributed by atoms with Gasteiger partial charge in [-0.15, -0.1) is 0 Å². The first kappa shape index (κ1) is 13.7. The average molecular weight is 330 g/mol. The number of ether oxygens (including phenoxy) is 1. The van der Waals surface area contributed by atoms with Crippen molar-refractivity contribution in [1.82, 2.24) is 9.97 Å². The summed E-state index contributed by atoms with van der Waals surface area (Å²) in [7, 11) is 1.48. The van der Waals surface area contributed by atoms with E-state index in [4.69, 9.17) is 4.74 Å². The van der Waals surface area contributed by atoms with E-state index in [2.05, 4.69) is 31.2 Å². The SMILES string of the molecule is COc1nc(NCc2ccc(F)cc2F)ncc1Br. The third-order valence-corrected chi connectivity index (χ3v) is 2.90. The van der Waals surface area contributed by atoms with Gasteiger partial charge in [0.15, 0.2) is 0 Å². The highest BCUT2D eigenvalue weighted by atomic mass is 79.9. The number of nitrogens with zero attached hydrogens (tertiary/aromatic N) is 2. The predicted molar refractivity (Wildman–Crippen MR) is 70.0 cm³/mol. The number of methoxy groups -OCH3 is 1. The Morgan fingerprint density at radius 2 is 2.16 bits per heavy atom. The van der Waals surface area contributed by atoms with E-state index < -0.39 is 11.6 Å². The smallest absolute Gasteiger partial charge is 0.232 e. The van der Waals surface area contributed by atoms with Gasteiger partial charge in [-0.2, -0.15) is 4.98 Å². The van der Waals surface area contributed by atoms with Crippen LogP contribution in [-0.2, 0) is 6.54 Å². The molecule has 1 aromatic heterocycles. The molecule has 0 unspecified atom stereocenters. The first-order valence-electron chi connectivity index (χ1n) is 5.34. The minimum Gasteiger partial charge on any atom is -0.480 e. The molecular formula is C12H10BrF2N3O. The summed E-state index contributed by atoms with van der Waals surface area (Å²) in [5, 5.41) is 2.84. The molecular weight excluding hydrogens is 320 g/mol. The van der Waals surface area contributed by atoms with Crippen molar-refractivity contribution in [3.8, 4) is 5.88 Å². The second-order valence-corrected chi connectivity index (χ2v) is 4.49. The highest BCUT2D eigenvalue weighted by Gasteiger charge is 2.07. The number of aromatic nitrogens is 2. The van der Waals surface area contributed by atoms with E-state index in [-0.39, 0.29) is 6.54 Å². The summed E-state index contributed by atoms with van der Waals surface area (Å²) >= 11 is 3.23.